The normalized spacial score (nSPS) is 10.9. The number of rotatable bonds is 8. The maximum absolute atomic E-state index is 13.4. The van der Waals surface area contributed by atoms with Gasteiger partial charge in [-0.1, -0.05) is 41.6 Å². The summed E-state index contributed by atoms with van der Waals surface area (Å²) < 4.78 is 14.9. The van der Waals surface area contributed by atoms with Crippen LogP contribution in [0.4, 0.5) is 10.1 Å². The molecule has 0 aliphatic carbocycles. The van der Waals surface area contributed by atoms with Gasteiger partial charge in [0.15, 0.2) is 5.16 Å². The highest BCUT2D eigenvalue weighted by Gasteiger charge is 2.20. The summed E-state index contributed by atoms with van der Waals surface area (Å²) in [6, 6.07) is 19.9. The topological polar surface area (TPSA) is 98.3 Å². The molecule has 7 nitrogen and oxygen atoms in total. The minimum absolute atomic E-state index is 0.0456. The lowest BCUT2D eigenvalue weighted by molar-refractivity contribution is -0.118. The molecule has 0 aliphatic heterocycles. The van der Waals surface area contributed by atoms with Crippen molar-refractivity contribution in [1.82, 2.24) is 9.55 Å². The molecule has 35 heavy (non-hydrogen) atoms. The van der Waals surface area contributed by atoms with Crippen LogP contribution in [0.15, 0.2) is 82.7 Å². The number of thioether (sulfide) groups is 1. The molecule has 2 amide bonds. The van der Waals surface area contributed by atoms with Gasteiger partial charge in [-0.05, 0) is 55.5 Å². The van der Waals surface area contributed by atoms with Gasteiger partial charge in [0.1, 0.15) is 5.82 Å². The Morgan fingerprint density at radius 1 is 1.03 bits per heavy atom. The number of nitrogens with zero attached hydrogens (tertiary/aromatic N) is 3. The highest BCUT2D eigenvalue weighted by Crippen LogP contribution is 2.24. The van der Waals surface area contributed by atoms with Crippen molar-refractivity contribution in [3.8, 4) is 5.69 Å². The quantitative estimate of drug-likeness (QED) is 0.299. The third-order valence-electron chi connectivity index (χ3n) is 5.38. The smallest absolute Gasteiger partial charge is 0.266 e. The molecule has 2 N–H and O–H groups in total. The van der Waals surface area contributed by atoms with E-state index in [9.17, 15) is 18.8 Å². The third-order valence-corrected chi connectivity index (χ3v) is 6.31. The SMILES string of the molecule is Cc1ccc(-n2c(SCC(=O)N(CCC(N)=O)c3ccc(F)cc3)nc3ccccc3c2=O)cc1. The highest BCUT2D eigenvalue weighted by molar-refractivity contribution is 7.99. The first-order valence-electron chi connectivity index (χ1n) is 10.9. The summed E-state index contributed by atoms with van der Waals surface area (Å²) in [7, 11) is 0. The van der Waals surface area contributed by atoms with Crippen molar-refractivity contribution in [2.24, 2.45) is 5.73 Å². The molecular formula is C26H23FN4O3S. The monoisotopic (exact) mass is 490 g/mol. The molecule has 178 valence electrons. The lowest BCUT2D eigenvalue weighted by Gasteiger charge is -2.22. The molecule has 0 saturated heterocycles. The molecule has 4 aromatic rings. The Bertz CT molecular complexity index is 1440. The van der Waals surface area contributed by atoms with Crippen LogP contribution in [0.3, 0.4) is 0 Å². The van der Waals surface area contributed by atoms with Crippen molar-refractivity contribution >= 4 is 40.2 Å². The van der Waals surface area contributed by atoms with E-state index >= 15 is 0 Å². The van der Waals surface area contributed by atoms with Gasteiger partial charge < -0.3 is 10.6 Å². The van der Waals surface area contributed by atoms with Crippen LogP contribution in [0.5, 0.6) is 0 Å². The second-order valence-corrected chi connectivity index (χ2v) is 8.86. The summed E-state index contributed by atoms with van der Waals surface area (Å²) in [5, 5.41) is 0.831. The lowest BCUT2D eigenvalue weighted by atomic mass is 10.2. The number of halogens is 1. The van der Waals surface area contributed by atoms with Crippen molar-refractivity contribution < 1.29 is 14.0 Å². The number of para-hydroxylation sites is 1. The predicted octanol–water partition coefficient (Wildman–Crippen LogP) is 3.83. The Morgan fingerprint density at radius 2 is 1.71 bits per heavy atom. The minimum Gasteiger partial charge on any atom is -0.370 e. The van der Waals surface area contributed by atoms with Gasteiger partial charge in [-0.2, -0.15) is 0 Å². The average molecular weight is 491 g/mol. The maximum atomic E-state index is 13.4. The van der Waals surface area contributed by atoms with Crippen LogP contribution in [0.1, 0.15) is 12.0 Å². The fraction of sp³-hybridized carbons (Fsp3) is 0.154. The first kappa shape index (κ1) is 24.2. The molecule has 0 unspecified atom stereocenters. The molecule has 0 spiro atoms. The van der Waals surface area contributed by atoms with Crippen molar-refractivity contribution in [1.29, 1.82) is 0 Å². The number of nitrogens with two attached hydrogens (primary N) is 1. The van der Waals surface area contributed by atoms with Crippen LogP contribution >= 0.6 is 11.8 Å². The van der Waals surface area contributed by atoms with E-state index < -0.39 is 11.7 Å². The van der Waals surface area contributed by atoms with E-state index in [4.69, 9.17) is 5.73 Å². The van der Waals surface area contributed by atoms with Gasteiger partial charge in [-0.25, -0.2) is 9.37 Å². The Hall–Kier alpha value is -3.98. The van der Waals surface area contributed by atoms with Crippen LogP contribution < -0.4 is 16.2 Å². The van der Waals surface area contributed by atoms with E-state index in [-0.39, 0.29) is 30.2 Å². The second kappa shape index (κ2) is 10.5. The molecule has 9 heteroatoms. The molecule has 3 aromatic carbocycles. The summed E-state index contributed by atoms with van der Waals surface area (Å²) in [6.45, 7) is 2.01. The highest BCUT2D eigenvalue weighted by atomic mass is 32.2. The molecule has 1 heterocycles. The van der Waals surface area contributed by atoms with Gasteiger partial charge in [0.2, 0.25) is 11.8 Å². The number of aromatic nitrogens is 2. The minimum atomic E-state index is -0.554. The molecule has 0 fully saturated rings. The molecule has 4 rings (SSSR count). The van der Waals surface area contributed by atoms with E-state index in [1.54, 1.807) is 24.3 Å². The van der Waals surface area contributed by atoms with Crippen molar-refractivity contribution in [3.63, 3.8) is 0 Å². The van der Waals surface area contributed by atoms with Crippen LogP contribution in [0, 0.1) is 12.7 Å². The summed E-state index contributed by atoms with van der Waals surface area (Å²) in [5.74, 6) is -1.39. The number of carbonyl (C=O) groups excluding carboxylic acids is 2. The molecule has 0 bridgehead atoms. The fourth-order valence-electron chi connectivity index (χ4n) is 3.58. The van der Waals surface area contributed by atoms with Crippen molar-refractivity contribution in [3.05, 3.63) is 94.5 Å². The zero-order valence-corrected chi connectivity index (χ0v) is 19.8. The maximum Gasteiger partial charge on any atom is 0.266 e. The number of hydrogen-bond acceptors (Lipinski definition) is 5. The molecule has 0 saturated carbocycles. The third kappa shape index (κ3) is 5.58. The summed E-state index contributed by atoms with van der Waals surface area (Å²) in [4.78, 5) is 44.0. The zero-order valence-electron chi connectivity index (χ0n) is 19.0. The largest absolute Gasteiger partial charge is 0.370 e. The number of primary amides is 1. The predicted molar refractivity (Wildman–Crippen MR) is 135 cm³/mol. The fourth-order valence-corrected chi connectivity index (χ4v) is 4.46. The van der Waals surface area contributed by atoms with Crippen LogP contribution in [0.25, 0.3) is 16.6 Å². The van der Waals surface area contributed by atoms with E-state index in [0.29, 0.717) is 27.4 Å². The Kier molecular flexibility index (Phi) is 7.26. The van der Waals surface area contributed by atoms with E-state index in [1.807, 2.05) is 31.2 Å². The first-order valence-corrected chi connectivity index (χ1v) is 11.9. The van der Waals surface area contributed by atoms with Gasteiger partial charge in [-0.3, -0.25) is 19.0 Å². The first-order chi connectivity index (χ1) is 16.8. The number of fused-ring (bicyclic) bond motifs is 1. The molecule has 0 atom stereocenters. The molecule has 0 aliphatic rings. The van der Waals surface area contributed by atoms with Gasteiger partial charge in [-0.15, -0.1) is 0 Å². The lowest BCUT2D eigenvalue weighted by Crippen LogP contribution is -2.35. The number of benzene rings is 3. The number of amides is 2. The van der Waals surface area contributed by atoms with E-state index in [2.05, 4.69) is 4.98 Å². The number of hydrogen-bond donors (Lipinski definition) is 1. The second-order valence-electron chi connectivity index (χ2n) is 7.91. The summed E-state index contributed by atoms with van der Waals surface area (Å²) >= 11 is 1.11. The Balaban J connectivity index is 1.68. The van der Waals surface area contributed by atoms with Gasteiger partial charge in [0.05, 0.1) is 22.3 Å². The molecule has 1 aromatic heterocycles. The number of anilines is 1. The van der Waals surface area contributed by atoms with E-state index in [1.165, 1.54) is 33.7 Å². The Morgan fingerprint density at radius 3 is 2.40 bits per heavy atom. The number of carbonyl (C=O) groups is 2. The Labute approximate surface area is 205 Å². The molecular weight excluding hydrogens is 467 g/mol. The van der Waals surface area contributed by atoms with Gasteiger partial charge in [0, 0.05) is 18.7 Å². The van der Waals surface area contributed by atoms with Gasteiger partial charge >= 0.3 is 0 Å². The van der Waals surface area contributed by atoms with Crippen LogP contribution in [-0.4, -0.2) is 33.7 Å². The van der Waals surface area contributed by atoms with Crippen LogP contribution in [0.2, 0.25) is 0 Å². The van der Waals surface area contributed by atoms with Crippen molar-refractivity contribution in [2.75, 3.05) is 17.2 Å². The standard InChI is InChI=1S/C26H23FN4O3S/c1-17-6-10-20(11-7-17)31-25(34)21-4-2-3-5-22(21)29-26(31)35-16-24(33)30(15-14-23(28)32)19-12-8-18(27)9-13-19/h2-13H,14-16H2,1H3,(H2,28,32). The number of aryl methyl sites for hydroxylation is 1. The van der Waals surface area contributed by atoms with Crippen LogP contribution in [-0.2, 0) is 9.59 Å². The van der Waals surface area contributed by atoms with E-state index in [0.717, 1.165) is 17.3 Å². The molecule has 0 radical (unpaired) electrons. The van der Waals surface area contributed by atoms with Crippen molar-refractivity contribution in [2.45, 2.75) is 18.5 Å². The zero-order chi connectivity index (χ0) is 24.9. The summed E-state index contributed by atoms with van der Waals surface area (Å²) in [6.07, 6.45) is -0.0456. The summed E-state index contributed by atoms with van der Waals surface area (Å²) in [5.41, 5.74) is 7.70. The average Bonchev–Trinajstić information content (AvgIpc) is 2.84. The van der Waals surface area contributed by atoms with Gasteiger partial charge in [0.25, 0.3) is 5.56 Å².